The van der Waals surface area contributed by atoms with E-state index < -0.39 is 8.56 Å². The highest BCUT2D eigenvalue weighted by molar-refractivity contribution is 6.70. The largest absolute Gasteiger partial charge is 0.445 e. The molecule has 0 saturated carbocycles. The van der Waals surface area contributed by atoms with Gasteiger partial charge in [0.15, 0.2) is 0 Å². The van der Waals surface area contributed by atoms with Crippen LogP contribution in [-0.2, 0) is 13.0 Å². The van der Waals surface area contributed by atoms with Crippen LogP contribution >= 0.6 is 0 Å². The molecule has 1 rings (SSSR count). The maximum atomic E-state index is 10.7. The predicted molar refractivity (Wildman–Crippen MR) is 70.7 cm³/mol. The van der Waals surface area contributed by atoms with Crippen molar-refractivity contribution in [1.29, 1.82) is 0 Å². The summed E-state index contributed by atoms with van der Waals surface area (Å²) in [6.07, 6.45) is 3.28. The van der Waals surface area contributed by atoms with Crippen LogP contribution in [0.1, 0.15) is 12.8 Å². The molecule has 4 nitrogen and oxygen atoms in total. The molecule has 1 aliphatic rings. The number of rotatable bonds is 3. The van der Waals surface area contributed by atoms with Gasteiger partial charge >= 0.3 is 8.56 Å². The van der Waals surface area contributed by atoms with E-state index in [1.807, 2.05) is 0 Å². The van der Waals surface area contributed by atoms with Crippen molar-refractivity contribution in [2.75, 3.05) is 6.54 Å². The van der Waals surface area contributed by atoms with E-state index in [0.717, 1.165) is 33.9 Å². The summed E-state index contributed by atoms with van der Waals surface area (Å²) in [5, 5.41) is 0. The number of carbonyl (C=O) groups excluding carboxylic acids is 1. The van der Waals surface area contributed by atoms with Gasteiger partial charge in [-0.25, -0.2) is 0 Å². The Bertz CT molecular complexity index is 217. The Hall–Kier alpha value is -0.219. The zero-order valence-corrected chi connectivity index (χ0v) is 15.1. The van der Waals surface area contributed by atoms with Crippen molar-refractivity contribution in [3.8, 4) is 0 Å². The normalized spacial score (nSPS) is 16.4. The summed E-state index contributed by atoms with van der Waals surface area (Å²) < 4.78 is 10.4. The van der Waals surface area contributed by atoms with Crippen molar-refractivity contribution in [1.82, 2.24) is 4.90 Å². The molecule has 0 aromatic heterocycles. The molecule has 1 heterocycles. The number of likely N-dealkylation sites (tertiary alicyclic amines) is 1. The molecule has 15 heavy (non-hydrogen) atoms. The van der Waals surface area contributed by atoms with Crippen LogP contribution in [0.5, 0.6) is 0 Å². The van der Waals surface area contributed by atoms with E-state index >= 15 is 0 Å². The van der Waals surface area contributed by atoms with Crippen LogP contribution < -0.4 is 0 Å². The molecular formula is C8H21NO3Si3. The lowest BCUT2D eigenvalue weighted by molar-refractivity contribution is -0.125. The molecule has 0 aromatic carbocycles. The molecule has 7 heteroatoms. The van der Waals surface area contributed by atoms with Gasteiger partial charge in [0.1, 0.15) is 21.0 Å². The molecule has 1 amide bonds. The Balaban J connectivity index is 0.000000265. The number of amides is 1. The highest BCUT2D eigenvalue weighted by Gasteiger charge is 2.17. The molecule has 0 atom stereocenters. The third-order valence-corrected chi connectivity index (χ3v) is 10.2. The predicted octanol–water partition coefficient (Wildman–Crippen LogP) is -0.966. The van der Waals surface area contributed by atoms with Crippen LogP contribution in [0.4, 0.5) is 0 Å². The van der Waals surface area contributed by atoms with E-state index in [2.05, 4.69) is 19.7 Å². The van der Waals surface area contributed by atoms with E-state index in [1.54, 1.807) is 11.1 Å². The molecule has 0 aliphatic carbocycles. The average Bonchev–Trinajstić information content (AvgIpc) is 2.65. The number of hydrogen-bond acceptors (Lipinski definition) is 3. The molecule has 1 aliphatic heterocycles. The first-order valence-corrected chi connectivity index (χ1v) is 9.44. The first-order chi connectivity index (χ1) is 6.96. The number of nitrogens with zero attached hydrogens (tertiary/aromatic N) is 1. The van der Waals surface area contributed by atoms with Crippen molar-refractivity contribution in [2.45, 2.75) is 25.9 Å². The molecule has 1 saturated heterocycles. The minimum absolute atomic E-state index is 0.208. The standard InChI is InChI=1S/C6H9NO.C2H12O2Si3/c1-2-7-5-3-4-6(7)8;1-7(2,3-5)4-6/h2H,1,3-5H2;1-2,5-6H3. The molecule has 1 fully saturated rings. The topological polar surface area (TPSA) is 38.8 Å². The monoisotopic (exact) mass is 263 g/mol. The smallest absolute Gasteiger partial charge is 0.310 e. The summed E-state index contributed by atoms with van der Waals surface area (Å²) in [5.74, 6) is 0.208. The van der Waals surface area contributed by atoms with Crippen molar-refractivity contribution in [3.05, 3.63) is 12.8 Å². The highest BCUT2D eigenvalue weighted by atomic mass is 28.4. The van der Waals surface area contributed by atoms with Gasteiger partial charge in [0.2, 0.25) is 5.91 Å². The van der Waals surface area contributed by atoms with Crippen molar-refractivity contribution in [3.63, 3.8) is 0 Å². The Morgan fingerprint density at radius 3 is 2.13 bits per heavy atom. The number of hydrogen-bond donors (Lipinski definition) is 0. The minimum atomic E-state index is -1.53. The van der Waals surface area contributed by atoms with E-state index in [4.69, 9.17) is 8.23 Å². The van der Waals surface area contributed by atoms with Gasteiger partial charge in [-0.05, 0) is 25.7 Å². The summed E-state index contributed by atoms with van der Waals surface area (Å²) in [4.78, 5) is 12.3. The van der Waals surface area contributed by atoms with Crippen molar-refractivity contribution >= 4 is 35.4 Å². The zero-order valence-electron chi connectivity index (χ0n) is 10.1. The summed E-state index contributed by atoms with van der Waals surface area (Å²) in [6.45, 7) is 8.49. The molecule has 0 unspecified atom stereocenters. The van der Waals surface area contributed by atoms with Crippen LogP contribution in [-0.4, -0.2) is 46.9 Å². The van der Waals surface area contributed by atoms with Crippen LogP contribution in [0.25, 0.3) is 0 Å². The maximum absolute atomic E-state index is 10.7. The van der Waals surface area contributed by atoms with E-state index in [9.17, 15) is 4.79 Å². The van der Waals surface area contributed by atoms with Gasteiger partial charge in [-0.2, -0.15) is 0 Å². The zero-order chi connectivity index (χ0) is 11.9. The Labute approximate surface area is 99.0 Å². The fourth-order valence-corrected chi connectivity index (χ4v) is 3.11. The van der Waals surface area contributed by atoms with Crippen LogP contribution in [0.3, 0.4) is 0 Å². The second-order valence-corrected chi connectivity index (χ2v) is 9.75. The maximum Gasteiger partial charge on any atom is 0.310 e. The second kappa shape index (κ2) is 7.12. The fourth-order valence-electron chi connectivity index (χ4n) is 0.945. The SMILES string of the molecule is C=CN1CCCC1=O.C[Si](C)(O[SiH3])O[SiH3]. The molecule has 0 bridgehead atoms. The highest BCUT2D eigenvalue weighted by Crippen LogP contribution is 2.08. The third-order valence-electron chi connectivity index (χ3n) is 2.31. The van der Waals surface area contributed by atoms with E-state index in [1.165, 1.54) is 0 Å². The Morgan fingerprint density at radius 2 is 2.00 bits per heavy atom. The van der Waals surface area contributed by atoms with Gasteiger partial charge in [0, 0.05) is 13.0 Å². The summed E-state index contributed by atoms with van der Waals surface area (Å²) in [5.41, 5.74) is 0. The van der Waals surface area contributed by atoms with Crippen molar-refractivity contribution < 1.29 is 13.0 Å². The molecular weight excluding hydrogens is 242 g/mol. The third kappa shape index (κ3) is 6.05. The quantitative estimate of drug-likeness (QED) is 0.616. The fraction of sp³-hybridized carbons (Fsp3) is 0.625. The average molecular weight is 264 g/mol. The Morgan fingerprint density at radius 1 is 1.47 bits per heavy atom. The van der Waals surface area contributed by atoms with Crippen LogP contribution in [0.15, 0.2) is 12.8 Å². The molecule has 88 valence electrons. The molecule has 0 radical (unpaired) electrons. The molecule has 0 spiro atoms. The lowest BCUT2D eigenvalue weighted by Crippen LogP contribution is -2.32. The van der Waals surface area contributed by atoms with E-state index in [0.29, 0.717) is 6.42 Å². The van der Waals surface area contributed by atoms with Gasteiger partial charge in [0.05, 0.1) is 0 Å². The first kappa shape index (κ1) is 14.8. The van der Waals surface area contributed by atoms with Gasteiger partial charge in [-0.3, -0.25) is 4.79 Å². The van der Waals surface area contributed by atoms with Gasteiger partial charge in [-0.15, -0.1) is 0 Å². The lowest BCUT2D eigenvalue weighted by Gasteiger charge is -2.17. The van der Waals surface area contributed by atoms with Crippen LogP contribution in [0.2, 0.25) is 13.1 Å². The lowest BCUT2D eigenvalue weighted by atomic mass is 10.4. The van der Waals surface area contributed by atoms with Crippen molar-refractivity contribution in [2.24, 2.45) is 0 Å². The van der Waals surface area contributed by atoms with Crippen LogP contribution in [0, 0.1) is 0 Å². The summed E-state index contributed by atoms with van der Waals surface area (Å²) in [7, 11) is 0.104. The van der Waals surface area contributed by atoms with Gasteiger partial charge in [-0.1, -0.05) is 6.58 Å². The molecule has 0 N–H and O–H groups in total. The first-order valence-electron chi connectivity index (χ1n) is 4.99. The Kier molecular flexibility index (Phi) is 7.02. The van der Waals surface area contributed by atoms with E-state index in [-0.39, 0.29) is 5.91 Å². The second-order valence-electron chi connectivity index (χ2n) is 3.68. The minimum Gasteiger partial charge on any atom is -0.445 e. The number of carbonyl (C=O) groups is 1. The summed E-state index contributed by atoms with van der Waals surface area (Å²) in [6, 6.07) is 0. The van der Waals surface area contributed by atoms with Gasteiger partial charge in [0.25, 0.3) is 0 Å². The molecule has 0 aromatic rings. The summed E-state index contributed by atoms with van der Waals surface area (Å²) >= 11 is 0. The van der Waals surface area contributed by atoms with Gasteiger partial charge < -0.3 is 13.1 Å².